The fraction of sp³-hybridized carbons (Fsp3) is 0.412. The normalized spacial score (nSPS) is 12.0. The maximum Gasteiger partial charge on any atom is 0.315 e. The van der Waals surface area contributed by atoms with Gasteiger partial charge in [0.2, 0.25) is 0 Å². The first-order chi connectivity index (χ1) is 11.6. The van der Waals surface area contributed by atoms with Crippen LogP contribution in [0.1, 0.15) is 37.8 Å². The molecule has 1 atom stereocenters. The van der Waals surface area contributed by atoms with E-state index in [0.717, 1.165) is 37.6 Å². The highest BCUT2D eigenvalue weighted by molar-refractivity contribution is 5.74. The summed E-state index contributed by atoms with van der Waals surface area (Å²) in [5.74, 6) is -1.05. The second-order valence-corrected chi connectivity index (χ2v) is 5.53. The molecule has 130 valence electrons. The first kappa shape index (κ1) is 17.9. The third kappa shape index (κ3) is 5.33. The van der Waals surface area contributed by atoms with Gasteiger partial charge in [-0.05, 0) is 37.5 Å². The molecular formula is C17H22F2N4O. The van der Waals surface area contributed by atoms with E-state index in [1.807, 2.05) is 10.8 Å². The van der Waals surface area contributed by atoms with E-state index in [4.69, 9.17) is 0 Å². The predicted octanol–water partition coefficient (Wildman–Crippen LogP) is 3.39. The van der Waals surface area contributed by atoms with Crippen molar-refractivity contribution in [3.8, 4) is 0 Å². The molecule has 0 spiro atoms. The van der Waals surface area contributed by atoms with Crippen molar-refractivity contribution < 1.29 is 13.6 Å². The average molecular weight is 336 g/mol. The van der Waals surface area contributed by atoms with Crippen molar-refractivity contribution in [1.82, 2.24) is 20.2 Å². The van der Waals surface area contributed by atoms with Gasteiger partial charge in [-0.1, -0.05) is 6.92 Å². The number of urea groups is 1. The van der Waals surface area contributed by atoms with E-state index in [2.05, 4.69) is 15.6 Å². The van der Waals surface area contributed by atoms with Crippen molar-refractivity contribution >= 4 is 6.03 Å². The maximum atomic E-state index is 13.8. The predicted molar refractivity (Wildman–Crippen MR) is 87.4 cm³/mol. The molecule has 0 saturated carbocycles. The fourth-order valence-corrected chi connectivity index (χ4v) is 2.43. The summed E-state index contributed by atoms with van der Waals surface area (Å²) < 4.78 is 29.1. The number of carbonyl (C=O) groups is 1. The van der Waals surface area contributed by atoms with Crippen LogP contribution in [0.4, 0.5) is 13.6 Å². The lowest BCUT2D eigenvalue weighted by molar-refractivity contribution is 0.236. The molecule has 2 N–H and O–H groups in total. The standard InChI is InChI=1S/C17H22F2N4O/c1-2-16(14-11-13(18)5-6-15(14)19)22-17(24)21-7-3-4-9-23-10-8-20-12-23/h5-6,8,10-12,16H,2-4,7,9H2,1H3,(H2,21,22,24). The van der Waals surface area contributed by atoms with Crippen molar-refractivity contribution in [3.05, 3.63) is 54.1 Å². The number of halogens is 2. The van der Waals surface area contributed by atoms with E-state index >= 15 is 0 Å². The van der Waals surface area contributed by atoms with E-state index in [1.165, 1.54) is 0 Å². The lowest BCUT2D eigenvalue weighted by Crippen LogP contribution is -2.38. The number of hydrogen-bond donors (Lipinski definition) is 2. The van der Waals surface area contributed by atoms with Crippen LogP contribution >= 0.6 is 0 Å². The molecule has 0 radical (unpaired) electrons. The molecule has 0 saturated heterocycles. The van der Waals surface area contributed by atoms with Gasteiger partial charge >= 0.3 is 6.03 Å². The average Bonchev–Trinajstić information content (AvgIpc) is 3.08. The van der Waals surface area contributed by atoms with Crippen molar-refractivity contribution in [2.45, 2.75) is 38.8 Å². The minimum Gasteiger partial charge on any atom is -0.338 e. The molecule has 24 heavy (non-hydrogen) atoms. The number of nitrogens with one attached hydrogen (secondary N) is 2. The highest BCUT2D eigenvalue weighted by atomic mass is 19.1. The van der Waals surface area contributed by atoms with Crippen LogP contribution in [0.25, 0.3) is 0 Å². The van der Waals surface area contributed by atoms with Gasteiger partial charge in [0.05, 0.1) is 12.4 Å². The van der Waals surface area contributed by atoms with Crippen LogP contribution in [-0.2, 0) is 6.54 Å². The summed E-state index contributed by atoms with van der Waals surface area (Å²) in [6.07, 6.45) is 7.55. The molecule has 2 amide bonds. The summed E-state index contributed by atoms with van der Waals surface area (Å²) in [5, 5.41) is 5.42. The second kappa shape index (κ2) is 9.00. The van der Waals surface area contributed by atoms with Crippen molar-refractivity contribution in [2.75, 3.05) is 6.54 Å². The zero-order chi connectivity index (χ0) is 17.4. The number of aromatic nitrogens is 2. The summed E-state index contributed by atoms with van der Waals surface area (Å²) >= 11 is 0. The van der Waals surface area contributed by atoms with Gasteiger partial charge in [-0.15, -0.1) is 0 Å². The van der Waals surface area contributed by atoms with Crippen molar-refractivity contribution in [3.63, 3.8) is 0 Å². The molecule has 0 aliphatic rings. The molecule has 0 bridgehead atoms. The van der Waals surface area contributed by atoms with Crippen molar-refractivity contribution in [2.24, 2.45) is 0 Å². The Bertz CT molecular complexity index is 646. The van der Waals surface area contributed by atoms with Gasteiger partial charge in [0.15, 0.2) is 0 Å². The summed E-state index contributed by atoms with van der Waals surface area (Å²) in [6.45, 7) is 3.17. The molecule has 1 heterocycles. The Labute approximate surface area is 140 Å². The Hall–Kier alpha value is -2.44. The number of unbranched alkanes of at least 4 members (excludes halogenated alkanes) is 1. The Morgan fingerprint density at radius 1 is 1.33 bits per heavy atom. The first-order valence-corrected chi connectivity index (χ1v) is 8.05. The second-order valence-electron chi connectivity index (χ2n) is 5.53. The molecule has 2 rings (SSSR count). The molecule has 0 fully saturated rings. The van der Waals surface area contributed by atoms with Crippen LogP contribution in [0.15, 0.2) is 36.9 Å². The van der Waals surface area contributed by atoms with E-state index in [9.17, 15) is 13.6 Å². The number of hydrogen-bond acceptors (Lipinski definition) is 2. The zero-order valence-corrected chi connectivity index (χ0v) is 13.6. The summed E-state index contributed by atoms with van der Waals surface area (Å²) in [4.78, 5) is 15.9. The van der Waals surface area contributed by atoms with Gasteiger partial charge in [-0.3, -0.25) is 0 Å². The van der Waals surface area contributed by atoms with Gasteiger partial charge in [0.25, 0.3) is 0 Å². The van der Waals surface area contributed by atoms with Crippen LogP contribution in [0.2, 0.25) is 0 Å². The first-order valence-electron chi connectivity index (χ1n) is 8.05. The summed E-state index contributed by atoms with van der Waals surface area (Å²) in [7, 11) is 0. The molecule has 0 aliphatic carbocycles. The Morgan fingerprint density at radius 2 is 2.17 bits per heavy atom. The molecule has 1 aromatic carbocycles. The van der Waals surface area contributed by atoms with Crippen LogP contribution in [0.3, 0.4) is 0 Å². The van der Waals surface area contributed by atoms with Crippen LogP contribution < -0.4 is 10.6 Å². The van der Waals surface area contributed by atoms with Gasteiger partial charge < -0.3 is 15.2 Å². The maximum absolute atomic E-state index is 13.8. The van der Waals surface area contributed by atoms with Gasteiger partial charge in [0, 0.05) is 31.0 Å². The van der Waals surface area contributed by atoms with E-state index in [-0.39, 0.29) is 11.6 Å². The third-order valence-corrected chi connectivity index (χ3v) is 3.73. The topological polar surface area (TPSA) is 59.0 Å². The van der Waals surface area contributed by atoms with E-state index < -0.39 is 17.7 Å². The molecule has 0 aliphatic heterocycles. The van der Waals surface area contributed by atoms with Gasteiger partial charge in [-0.25, -0.2) is 18.6 Å². The van der Waals surface area contributed by atoms with E-state index in [0.29, 0.717) is 13.0 Å². The number of nitrogens with zero attached hydrogens (tertiary/aromatic N) is 2. The Kier molecular flexibility index (Phi) is 6.72. The number of imidazole rings is 1. The highest BCUT2D eigenvalue weighted by Gasteiger charge is 2.17. The molecule has 1 aromatic heterocycles. The monoisotopic (exact) mass is 336 g/mol. The van der Waals surface area contributed by atoms with Gasteiger partial charge in [0.1, 0.15) is 11.6 Å². The minimum absolute atomic E-state index is 0.160. The number of amides is 2. The molecule has 2 aromatic rings. The number of rotatable bonds is 8. The smallest absolute Gasteiger partial charge is 0.315 e. The quantitative estimate of drug-likeness (QED) is 0.726. The zero-order valence-electron chi connectivity index (χ0n) is 13.6. The molecule has 7 heteroatoms. The third-order valence-electron chi connectivity index (χ3n) is 3.73. The molecule has 5 nitrogen and oxygen atoms in total. The molecule has 1 unspecified atom stereocenters. The lowest BCUT2D eigenvalue weighted by atomic mass is 10.0. The SMILES string of the molecule is CCC(NC(=O)NCCCCn1ccnc1)c1cc(F)ccc1F. The van der Waals surface area contributed by atoms with Crippen LogP contribution in [0, 0.1) is 11.6 Å². The summed E-state index contributed by atoms with van der Waals surface area (Å²) in [6, 6.07) is 2.31. The van der Waals surface area contributed by atoms with Gasteiger partial charge in [-0.2, -0.15) is 0 Å². The van der Waals surface area contributed by atoms with E-state index in [1.54, 1.807) is 19.4 Å². The lowest BCUT2D eigenvalue weighted by Gasteiger charge is -2.18. The largest absolute Gasteiger partial charge is 0.338 e. The number of benzene rings is 1. The van der Waals surface area contributed by atoms with Crippen LogP contribution in [0.5, 0.6) is 0 Å². The minimum atomic E-state index is -0.563. The fourth-order valence-electron chi connectivity index (χ4n) is 2.43. The van der Waals surface area contributed by atoms with Crippen molar-refractivity contribution in [1.29, 1.82) is 0 Å². The highest BCUT2D eigenvalue weighted by Crippen LogP contribution is 2.21. The molecular weight excluding hydrogens is 314 g/mol. The summed E-state index contributed by atoms with van der Waals surface area (Å²) in [5.41, 5.74) is 0.160. The Morgan fingerprint density at radius 3 is 2.88 bits per heavy atom. The number of carbonyl (C=O) groups excluding carboxylic acids is 1. The van der Waals surface area contributed by atoms with Crippen LogP contribution in [-0.4, -0.2) is 22.1 Å². The Balaban J connectivity index is 1.74. The number of aryl methyl sites for hydroxylation is 1.